The molecule has 0 spiro atoms. The summed E-state index contributed by atoms with van der Waals surface area (Å²) in [6, 6.07) is 23.7. The Morgan fingerprint density at radius 3 is 2.47 bits per heavy atom. The van der Waals surface area contributed by atoms with Crippen molar-refractivity contribution in [2.45, 2.75) is 26.9 Å². The van der Waals surface area contributed by atoms with Crippen LogP contribution in [-0.4, -0.2) is 27.3 Å². The Bertz CT molecular complexity index is 1640. The minimum absolute atomic E-state index is 0.158. The number of nitrogens with zero attached hydrogens (tertiary/aromatic N) is 3. The molecule has 8 nitrogen and oxygen atoms in total. The maximum atomic E-state index is 12.6. The van der Waals surface area contributed by atoms with Crippen LogP contribution in [0.25, 0.3) is 16.9 Å². The van der Waals surface area contributed by atoms with Crippen molar-refractivity contribution in [2.75, 3.05) is 12.1 Å². The fraction of sp³-hybridized carbons (Fsp3) is 0.167. The summed E-state index contributed by atoms with van der Waals surface area (Å²) in [7, 11) is 0. The van der Waals surface area contributed by atoms with E-state index in [9.17, 15) is 4.79 Å². The van der Waals surface area contributed by atoms with Crippen molar-refractivity contribution < 1.29 is 14.3 Å². The van der Waals surface area contributed by atoms with E-state index in [0.29, 0.717) is 30.2 Å². The molecular weight excluding hydrogens is 478 g/mol. The van der Waals surface area contributed by atoms with Gasteiger partial charge in [0, 0.05) is 35.8 Å². The molecule has 0 radical (unpaired) electrons. The number of anilines is 1. The first kappa shape index (κ1) is 23.5. The first-order chi connectivity index (χ1) is 18.5. The van der Waals surface area contributed by atoms with Gasteiger partial charge in [0.1, 0.15) is 5.82 Å². The summed E-state index contributed by atoms with van der Waals surface area (Å²) >= 11 is 0. The van der Waals surface area contributed by atoms with E-state index in [1.165, 1.54) is 5.56 Å². The zero-order valence-electron chi connectivity index (χ0n) is 21.2. The molecule has 2 aromatic heterocycles. The second-order valence-electron chi connectivity index (χ2n) is 9.33. The molecule has 1 aliphatic heterocycles. The van der Waals surface area contributed by atoms with Gasteiger partial charge in [0.25, 0.3) is 5.91 Å². The number of aryl methyl sites for hydroxylation is 2. The number of hydrogen-bond acceptors (Lipinski definition) is 6. The summed E-state index contributed by atoms with van der Waals surface area (Å²) < 4.78 is 12.5. The molecule has 0 saturated heterocycles. The summed E-state index contributed by atoms with van der Waals surface area (Å²) in [5.74, 6) is 1.97. The molecule has 3 aromatic carbocycles. The first-order valence-corrected chi connectivity index (χ1v) is 12.5. The van der Waals surface area contributed by atoms with Gasteiger partial charge in [0.2, 0.25) is 6.79 Å². The summed E-state index contributed by atoms with van der Waals surface area (Å²) in [4.78, 5) is 17.5. The van der Waals surface area contributed by atoms with Crippen molar-refractivity contribution in [3.8, 4) is 22.8 Å². The molecule has 5 aromatic rings. The zero-order valence-corrected chi connectivity index (χ0v) is 21.2. The van der Waals surface area contributed by atoms with E-state index in [-0.39, 0.29) is 12.7 Å². The Hall–Kier alpha value is -4.85. The average molecular weight is 506 g/mol. The van der Waals surface area contributed by atoms with Crippen molar-refractivity contribution in [1.29, 1.82) is 0 Å². The fourth-order valence-electron chi connectivity index (χ4n) is 4.49. The lowest BCUT2D eigenvalue weighted by molar-refractivity contribution is 0.0950. The molecule has 38 heavy (non-hydrogen) atoms. The Balaban J connectivity index is 1.13. The van der Waals surface area contributed by atoms with Crippen molar-refractivity contribution in [1.82, 2.24) is 19.9 Å². The van der Waals surface area contributed by atoms with E-state index in [1.54, 1.807) is 18.2 Å². The standard InChI is InChI=1S/C30H27N5O3/c1-19-5-3-4-6-24(19)25-14-28(35-29(34-25)20(2)15-33-35)31-16-21-7-9-22(10-8-21)17-32-30(36)23-11-12-26-27(13-23)38-18-37-26/h3-15,31H,16-18H2,1-2H3,(H,32,36). The largest absolute Gasteiger partial charge is 0.454 e. The SMILES string of the molecule is Cc1ccccc1-c1cc(NCc2ccc(CNC(=O)c3ccc4c(c3)OCO4)cc2)n2ncc(C)c2n1. The molecule has 6 rings (SSSR count). The van der Waals surface area contributed by atoms with Crippen LogP contribution >= 0.6 is 0 Å². The van der Waals surface area contributed by atoms with E-state index in [2.05, 4.69) is 46.9 Å². The van der Waals surface area contributed by atoms with Gasteiger partial charge in [-0.2, -0.15) is 9.61 Å². The lowest BCUT2D eigenvalue weighted by Crippen LogP contribution is -2.22. The number of ether oxygens (including phenoxy) is 2. The third-order valence-electron chi connectivity index (χ3n) is 6.65. The number of nitrogens with one attached hydrogen (secondary N) is 2. The van der Waals surface area contributed by atoms with Crippen LogP contribution in [0.1, 0.15) is 32.6 Å². The maximum Gasteiger partial charge on any atom is 0.251 e. The summed E-state index contributed by atoms with van der Waals surface area (Å²) in [5, 5.41) is 11.0. The van der Waals surface area contributed by atoms with E-state index in [4.69, 9.17) is 14.5 Å². The highest BCUT2D eigenvalue weighted by molar-refractivity contribution is 5.94. The van der Waals surface area contributed by atoms with Gasteiger partial charge in [0.15, 0.2) is 17.1 Å². The van der Waals surface area contributed by atoms with Gasteiger partial charge in [0.05, 0.1) is 11.9 Å². The molecule has 8 heteroatoms. The second-order valence-corrected chi connectivity index (χ2v) is 9.33. The van der Waals surface area contributed by atoms with Crippen LogP contribution in [0, 0.1) is 13.8 Å². The van der Waals surface area contributed by atoms with Crippen LogP contribution in [-0.2, 0) is 13.1 Å². The second kappa shape index (κ2) is 9.89. The minimum Gasteiger partial charge on any atom is -0.454 e. The van der Waals surface area contributed by atoms with Gasteiger partial charge in [-0.15, -0.1) is 0 Å². The number of fused-ring (bicyclic) bond motifs is 2. The number of rotatable bonds is 7. The van der Waals surface area contributed by atoms with Gasteiger partial charge in [-0.25, -0.2) is 4.98 Å². The highest BCUT2D eigenvalue weighted by Gasteiger charge is 2.16. The predicted octanol–water partition coefficient (Wildman–Crippen LogP) is 5.28. The quantitative estimate of drug-likeness (QED) is 0.313. The number of carbonyl (C=O) groups excluding carboxylic acids is 1. The normalized spacial score (nSPS) is 12.1. The van der Waals surface area contributed by atoms with Crippen LogP contribution in [0.2, 0.25) is 0 Å². The van der Waals surface area contributed by atoms with Gasteiger partial charge >= 0.3 is 0 Å². The third-order valence-corrected chi connectivity index (χ3v) is 6.65. The number of aromatic nitrogens is 3. The van der Waals surface area contributed by atoms with E-state index >= 15 is 0 Å². The fourth-order valence-corrected chi connectivity index (χ4v) is 4.49. The number of carbonyl (C=O) groups is 1. The Kier molecular flexibility index (Phi) is 6.13. The predicted molar refractivity (Wildman–Crippen MR) is 145 cm³/mol. The topological polar surface area (TPSA) is 89.8 Å². The van der Waals surface area contributed by atoms with Crippen LogP contribution in [0.3, 0.4) is 0 Å². The van der Waals surface area contributed by atoms with Crippen LogP contribution in [0.15, 0.2) is 79.0 Å². The first-order valence-electron chi connectivity index (χ1n) is 12.5. The van der Waals surface area contributed by atoms with Gasteiger partial charge < -0.3 is 20.1 Å². The molecular formula is C30H27N5O3. The van der Waals surface area contributed by atoms with Crippen molar-refractivity contribution >= 4 is 17.4 Å². The summed E-state index contributed by atoms with van der Waals surface area (Å²) in [6.07, 6.45) is 1.84. The molecule has 0 fully saturated rings. The van der Waals surface area contributed by atoms with Gasteiger partial charge in [-0.3, -0.25) is 4.79 Å². The van der Waals surface area contributed by atoms with E-state index < -0.39 is 0 Å². The van der Waals surface area contributed by atoms with E-state index in [1.807, 2.05) is 48.0 Å². The molecule has 0 aliphatic carbocycles. The van der Waals surface area contributed by atoms with Crippen molar-refractivity contribution in [3.05, 3.63) is 107 Å². The van der Waals surface area contributed by atoms with Crippen LogP contribution in [0.5, 0.6) is 11.5 Å². The van der Waals surface area contributed by atoms with Crippen LogP contribution in [0.4, 0.5) is 5.82 Å². The molecule has 1 amide bonds. The molecule has 190 valence electrons. The van der Waals surface area contributed by atoms with Crippen LogP contribution < -0.4 is 20.1 Å². The number of benzene rings is 3. The van der Waals surface area contributed by atoms with E-state index in [0.717, 1.165) is 39.4 Å². The Morgan fingerprint density at radius 2 is 1.66 bits per heavy atom. The molecule has 2 N–H and O–H groups in total. The summed E-state index contributed by atoms with van der Waals surface area (Å²) in [5.41, 5.74) is 7.71. The zero-order chi connectivity index (χ0) is 26.1. The van der Waals surface area contributed by atoms with Crippen molar-refractivity contribution in [3.63, 3.8) is 0 Å². The monoisotopic (exact) mass is 505 g/mol. The van der Waals surface area contributed by atoms with Crippen molar-refractivity contribution in [2.24, 2.45) is 0 Å². The molecule has 0 unspecified atom stereocenters. The Labute approximate surface area is 220 Å². The lowest BCUT2D eigenvalue weighted by atomic mass is 10.1. The van der Waals surface area contributed by atoms with Gasteiger partial charge in [-0.05, 0) is 48.7 Å². The molecule has 1 aliphatic rings. The highest BCUT2D eigenvalue weighted by Crippen LogP contribution is 2.32. The molecule has 0 saturated carbocycles. The molecule has 3 heterocycles. The smallest absolute Gasteiger partial charge is 0.251 e. The third kappa shape index (κ3) is 4.64. The van der Waals surface area contributed by atoms with Gasteiger partial charge in [-0.1, -0.05) is 48.5 Å². The Morgan fingerprint density at radius 1 is 0.895 bits per heavy atom. The summed E-state index contributed by atoms with van der Waals surface area (Å²) in [6.45, 7) is 5.35. The molecule has 0 bridgehead atoms. The molecule has 0 atom stereocenters. The highest BCUT2D eigenvalue weighted by atomic mass is 16.7. The lowest BCUT2D eigenvalue weighted by Gasteiger charge is -2.13. The minimum atomic E-state index is -0.158. The number of amides is 1. The maximum absolute atomic E-state index is 12.6. The average Bonchev–Trinajstić information content (AvgIpc) is 3.57. The number of hydrogen-bond donors (Lipinski definition) is 2.